The van der Waals surface area contributed by atoms with E-state index in [0.717, 1.165) is 0 Å². The Morgan fingerprint density at radius 3 is 1.76 bits per heavy atom. The number of esters is 1. The number of ether oxygens (including phenoxy) is 1. The maximum absolute atomic E-state index is 13.3. The minimum absolute atomic E-state index is 0.0116. The molecule has 3 N–H and O–H groups in total. The topological polar surface area (TPSA) is 90.4 Å². The number of halogens is 7. The fraction of sp³-hybridized carbons (Fsp3) is 0.923. The van der Waals surface area contributed by atoms with Crippen LogP contribution in [0.25, 0.3) is 0 Å². The number of fused-ring (bicyclic) bond motifs is 1. The molecule has 0 aromatic heterocycles. The second-order valence-electron chi connectivity index (χ2n) is 7.05. The van der Waals surface area contributed by atoms with Crippen molar-refractivity contribution < 1.29 is 41.0 Å². The van der Waals surface area contributed by atoms with Crippen molar-refractivity contribution in [2.45, 2.75) is 66.8 Å². The van der Waals surface area contributed by atoms with Crippen molar-refractivity contribution in [2.75, 3.05) is 0 Å². The van der Waals surface area contributed by atoms with Gasteiger partial charge in [0.25, 0.3) is 0 Å². The summed E-state index contributed by atoms with van der Waals surface area (Å²) in [5, 5.41) is 9.83. The molecule has 1 aliphatic carbocycles. The summed E-state index contributed by atoms with van der Waals surface area (Å²) in [5.41, 5.74) is -9.51. The fourth-order valence-corrected chi connectivity index (χ4v) is 8.87. The number of rotatable bonds is 4. The van der Waals surface area contributed by atoms with Gasteiger partial charge in [0, 0.05) is 0 Å². The number of aliphatic hydroxyl groups is 1. The summed E-state index contributed by atoms with van der Waals surface area (Å²) in [7, 11) is 0. The second-order valence-corrected chi connectivity index (χ2v) is 11.4. The van der Waals surface area contributed by atoms with E-state index in [1.54, 1.807) is 0 Å². The number of hydrogen-bond acceptors (Lipinski definition) is 5. The van der Waals surface area contributed by atoms with E-state index >= 15 is 0 Å². The molecule has 0 aromatic carbocycles. The number of hydrogen-bond donors (Lipinski definition) is 3. The van der Waals surface area contributed by atoms with Gasteiger partial charge >= 0.3 is 147 Å². The van der Waals surface area contributed by atoms with Crippen molar-refractivity contribution in [3.8, 4) is 0 Å². The first-order valence-corrected chi connectivity index (χ1v) is 10.7. The van der Waals surface area contributed by atoms with Crippen LogP contribution >= 0.6 is 20.4 Å². The molecule has 2 saturated heterocycles. The first kappa shape index (κ1) is 19.4. The van der Waals surface area contributed by atoms with Crippen molar-refractivity contribution in [3.05, 3.63) is 0 Å². The van der Waals surface area contributed by atoms with Gasteiger partial charge in [-0.25, -0.2) is 0 Å². The quantitative estimate of drug-likeness (QED) is 0.107. The van der Waals surface area contributed by atoms with Crippen LogP contribution in [0.2, 0.25) is 0 Å². The van der Waals surface area contributed by atoms with Gasteiger partial charge in [0.05, 0.1) is 0 Å². The summed E-state index contributed by atoms with van der Waals surface area (Å²) in [5.74, 6) is -1.18. The summed E-state index contributed by atoms with van der Waals surface area (Å²) in [6.07, 6.45) is -13.5. The van der Waals surface area contributed by atoms with Gasteiger partial charge in [-0.2, -0.15) is 0 Å². The predicted octanol–water partition coefficient (Wildman–Crippen LogP) is 2.92. The van der Waals surface area contributed by atoms with E-state index in [0.29, 0.717) is 0 Å². The van der Waals surface area contributed by atoms with E-state index in [-0.39, 0.29) is 12.8 Å². The van der Waals surface area contributed by atoms with Gasteiger partial charge in [-0.05, 0) is 0 Å². The third kappa shape index (κ3) is 2.42. The number of carbonyl (C=O) groups is 1. The summed E-state index contributed by atoms with van der Waals surface area (Å²) in [6.45, 7) is 2.81. The van der Waals surface area contributed by atoms with Crippen LogP contribution in [-0.2, 0) is 9.53 Å². The Kier molecular flexibility index (Phi) is 3.99. The fourth-order valence-electron chi connectivity index (χ4n) is 3.30. The third-order valence-electron chi connectivity index (χ3n) is 5.21. The predicted molar refractivity (Wildman–Crippen MR) is 81.2 cm³/mol. The Labute approximate surface area is 146 Å². The van der Waals surface area contributed by atoms with Crippen molar-refractivity contribution in [2.24, 2.45) is 5.41 Å². The molecule has 2 heterocycles. The molecule has 0 bridgehead atoms. The second kappa shape index (κ2) is 5.13. The molecular formula is C13H17F6IN2O3. The summed E-state index contributed by atoms with van der Waals surface area (Å²) >= 11 is -1.69. The zero-order chi connectivity index (χ0) is 19.1. The van der Waals surface area contributed by atoms with Crippen LogP contribution in [-0.4, -0.2) is 38.3 Å². The van der Waals surface area contributed by atoms with E-state index in [1.807, 2.05) is 0 Å². The average molecular weight is 490 g/mol. The van der Waals surface area contributed by atoms with Gasteiger partial charge in [0.15, 0.2) is 0 Å². The van der Waals surface area contributed by atoms with Gasteiger partial charge in [-0.3, -0.25) is 0 Å². The molecule has 0 radical (unpaired) electrons. The molecule has 12 heteroatoms. The molecular weight excluding hydrogens is 473 g/mol. The van der Waals surface area contributed by atoms with Crippen LogP contribution in [0.1, 0.15) is 39.5 Å². The van der Waals surface area contributed by atoms with E-state index in [2.05, 4.69) is 7.06 Å². The average Bonchev–Trinajstić information content (AvgIpc) is 3.25. The van der Waals surface area contributed by atoms with Gasteiger partial charge in [0.2, 0.25) is 0 Å². The minimum atomic E-state index is -6.04. The van der Waals surface area contributed by atoms with Crippen molar-refractivity contribution in [3.63, 3.8) is 0 Å². The van der Waals surface area contributed by atoms with Gasteiger partial charge in [-0.1, -0.05) is 0 Å². The van der Waals surface area contributed by atoms with E-state index in [9.17, 15) is 36.2 Å². The molecule has 2 aliphatic heterocycles. The molecule has 0 aromatic rings. The van der Waals surface area contributed by atoms with Crippen LogP contribution < -0.4 is 7.06 Å². The van der Waals surface area contributed by atoms with Gasteiger partial charge in [0.1, 0.15) is 0 Å². The molecule has 3 aliphatic rings. The van der Waals surface area contributed by atoms with Crippen molar-refractivity contribution in [1.82, 2.24) is 7.06 Å². The molecule has 3 fully saturated rings. The van der Waals surface area contributed by atoms with Crippen LogP contribution in [0, 0.1) is 5.41 Å². The first-order valence-electron chi connectivity index (χ1n) is 7.49. The van der Waals surface area contributed by atoms with Gasteiger partial charge < -0.3 is 0 Å². The molecule has 0 spiro atoms. The summed E-state index contributed by atoms with van der Waals surface area (Å²) in [4.78, 5) is 12.5. The molecule has 0 atom stereocenters. The molecule has 0 amide bonds. The molecule has 1 saturated carbocycles. The number of alkyl halides is 7. The number of carbonyl (C=O) groups excluding carboxylic acids is 1. The Hall–Kier alpha value is -0.340. The monoisotopic (exact) mass is 490 g/mol. The summed E-state index contributed by atoms with van der Waals surface area (Å²) < 4.78 is 90.1. The Morgan fingerprint density at radius 1 is 1.04 bits per heavy atom. The molecule has 25 heavy (non-hydrogen) atoms. The van der Waals surface area contributed by atoms with Crippen LogP contribution in [0.5, 0.6) is 0 Å². The Morgan fingerprint density at radius 2 is 1.44 bits per heavy atom. The summed E-state index contributed by atoms with van der Waals surface area (Å²) in [6, 6.07) is 0. The zero-order valence-corrected chi connectivity index (χ0v) is 15.4. The van der Waals surface area contributed by atoms with Gasteiger partial charge in [-0.15, -0.1) is 0 Å². The van der Waals surface area contributed by atoms with Crippen molar-refractivity contribution >= 4 is 26.3 Å². The van der Waals surface area contributed by atoms with Crippen LogP contribution in [0.3, 0.4) is 0 Å². The normalized spacial score (nSPS) is 26.2. The Balaban J connectivity index is 1.97. The molecule has 5 nitrogen and oxygen atoms in total. The van der Waals surface area contributed by atoms with E-state index in [1.165, 1.54) is 13.8 Å². The standard InChI is InChI=1S/C13H17F6IN2O3/c1-8(2,13-20(21-13)22-13)7(23)25-9(5-3-4-6-9)10(24,11(14,15)16)12(17,18)19/h21-22,24H,3-6H2,1-2H3. The van der Waals surface area contributed by atoms with Crippen LogP contribution in [0.4, 0.5) is 26.3 Å². The van der Waals surface area contributed by atoms with E-state index in [4.69, 9.17) is 4.74 Å². The molecule has 3 rings (SSSR count). The SMILES string of the molecule is CC(C)(C(=O)OC1(C(O)(C(F)(F)F)C(F)(F)F)CCCC1)C12NI1N2. The third-order valence-corrected chi connectivity index (χ3v) is 10.3. The molecule has 146 valence electrons. The zero-order valence-electron chi connectivity index (χ0n) is 13.2. The van der Waals surface area contributed by atoms with E-state index < -0.39 is 71.8 Å². The molecule has 0 unspecified atom stereocenters. The first-order chi connectivity index (χ1) is 11.1. The van der Waals surface area contributed by atoms with Crippen LogP contribution in [0.15, 0.2) is 0 Å². The number of nitrogens with one attached hydrogen (secondary N) is 2. The maximum atomic E-state index is 13.3. The van der Waals surface area contributed by atoms with Crippen molar-refractivity contribution in [1.29, 1.82) is 0 Å². The Bertz CT molecular complexity index is 580.